The van der Waals surface area contributed by atoms with Crippen LogP contribution in [0.2, 0.25) is 0 Å². The second kappa shape index (κ2) is 5.67. The third kappa shape index (κ3) is 3.21. The molecule has 1 saturated heterocycles. The maximum Gasteiger partial charge on any atom is 0.125 e. The zero-order chi connectivity index (χ0) is 13.0. The van der Waals surface area contributed by atoms with E-state index >= 15 is 0 Å². The van der Waals surface area contributed by atoms with Gasteiger partial charge in [-0.25, -0.2) is 4.98 Å². The van der Waals surface area contributed by atoms with E-state index < -0.39 is 0 Å². The van der Waals surface area contributed by atoms with Crippen molar-refractivity contribution in [1.82, 2.24) is 9.88 Å². The lowest BCUT2D eigenvalue weighted by Gasteiger charge is -2.42. The fraction of sp³-hybridized carbons (Fsp3) is 0.643. The SMILES string of the molecule is CCNc1ccc(CN2CCOCC2(C)C)cn1. The minimum atomic E-state index is 0.110. The number of ether oxygens (including phenoxy) is 1. The molecule has 100 valence electrons. The molecule has 0 radical (unpaired) electrons. The normalized spacial score (nSPS) is 19.7. The van der Waals surface area contributed by atoms with Crippen LogP contribution >= 0.6 is 0 Å². The van der Waals surface area contributed by atoms with Gasteiger partial charge in [0.15, 0.2) is 0 Å². The number of rotatable bonds is 4. The van der Waals surface area contributed by atoms with Gasteiger partial charge in [-0.15, -0.1) is 0 Å². The van der Waals surface area contributed by atoms with Crippen LogP contribution in [0.3, 0.4) is 0 Å². The number of hydrogen-bond donors (Lipinski definition) is 1. The first-order chi connectivity index (χ1) is 8.62. The lowest BCUT2D eigenvalue weighted by Crippen LogP contribution is -2.52. The molecule has 0 atom stereocenters. The summed E-state index contributed by atoms with van der Waals surface area (Å²) in [5, 5.41) is 3.21. The summed E-state index contributed by atoms with van der Waals surface area (Å²) in [5.74, 6) is 0.947. The Morgan fingerprint density at radius 2 is 2.28 bits per heavy atom. The van der Waals surface area contributed by atoms with Gasteiger partial charge in [-0.2, -0.15) is 0 Å². The average molecular weight is 249 g/mol. The van der Waals surface area contributed by atoms with E-state index in [1.807, 2.05) is 12.3 Å². The third-order valence-electron chi connectivity index (χ3n) is 3.37. The molecule has 2 rings (SSSR count). The van der Waals surface area contributed by atoms with Crippen LogP contribution in [-0.4, -0.2) is 41.7 Å². The Kier molecular flexibility index (Phi) is 4.19. The first-order valence-electron chi connectivity index (χ1n) is 6.63. The molecule has 4 heteroatoms. The number of hydrogen-bond acceptors (Lipinski definition) is 4. The summed E-state index contributed by atoms with van der Waals surface area (Å²) in [7, 11) is 0. The molecule has 0 aliphatic carbocycles. The Morgan fingerprint density at radius 3 is 2.89 bits per heavy atom. The monoisotopic (exact) mass is 249 g/mol. The van der Waals surface area contributed by atoms with Crippen LogP contribution in [0, 0.1) is 0 Å². The van der Waals surface area contributed by atoms with Gasteiger partial charge in [0.1, 0.15) is 5.82 Å². The highest BCUT2D eigenvalue weighted by Gasteiger charge is 2.30. The molecule has 1 N–H and O–H groups in total. The van der Waals surface area contributed by atoms with Crippen molar-refractivity contribution in [2.75, 3.05) is 31.6 Å². The molecule has 1 aliphatic heterocycles. The summed E-state index contributed by atoms with van der Waals surface area (Å²) in [6.07, 6.45) is 1.96. The van der Waals surface area contributed by atoms with Crippen LogP contribution in [0.5, 0.6) is 0 Å². The topological polar surface area (TPSA) is 37.4 Å². The highest BCUT2D eigenvalue weighted by atomic mass is 16.5. The second-order valence-electron chi connectivity index (χ2n) is 5.37. The minimum absolute atomic E-state index is 0.110. The predicted octanol–water partition coefficient (Wildman–Crippen LogP) is 2.12. The van der Waals surface area contributed by atoms with Crippen LogP contribution in [-0.2, 0) is 11.3 Å². The Hall–Kier alpha value is -1.13. The molecule has 0 spiro atoms. The van der Waals surface area contributed by atoms with Crippen LogP contribution in [0.1, 0.15) is 26.3 Å². The van der Waals surface area contributed by atoms with Gasteiger partial charge in [0.25, 0.3) is 0 Å². The van der Waals surface area contributed by atoms with Gasteiger partial charge in [-0.05, 0) is 32.4 Å². The van der Waals surface area contributed by atoms with Crippen molar-refractivity contribution in [2.24, 2.45) is 0 Å². The summed E-state index contributed by atoms with van der Waals surface area (Å²) < 4.78 is 5.54. The van der Waals surface area contributed by atoms with Crippen molar-refractivity contribution < 1.29 is 4.74 Å². The lowest BCUT2D eigenvalue weighted by molar-refractivity contribution is -0.0553. The van der Waals surface area contributed by atoms with Gasteiger partial charge < -0.3 is 10.1 Å². The Labute approximate surface area is 109 Å². The molecule has 0 aromatic carbocycles. The Bertz CT molecular complexity index is 375. The standard InChI is InChI=1S/C14H23N3O/c1-4-15-13-6-5-12(9-16-13)10-17-7-8-18-11-14(17,2)3/h5-6,9H,4,7-8,10-11H2,1-3H3,(H,15,16). The van der Waals surface area contributed by atoms with E-state index in [4.69, 9.17) is 4.74 Å². The third-order valence-corrected chi connectivity index (χ3v) is 3.37. The summed E-state index contributed by atoms with van der Waals surface area (Å²) >= 11 is 0. The van der Waals surface area contributed by atoms with Gasteiger partial charge in [-0.1, -0.05) is 6.07 Å². The number of pyridine rings is 1. The second-order valence-corrected chi connectivity index (χ2v) is 5.37. The summed E-state index contributed by atoms with van der Waals surface area (Å²) in [6, 6.07) is 4.20. The molecule has 1 aromatic heterocycles. The molecule has 0 bridgehead atoms. The molecule has 2 heterocycles. The predicted molar refractivity (Wildman–Crippen MR) is 73.7 cm³/mol. The van der Waals surface area contributed by atoms with Crippen molar-refractivity contribution in [1.29, 1.82) is 0 Å². The van der Waals surface area contributed by atoms with Crippen molar-refractivity contribution in [3.63, 3.8) is 0 Å². The van der Waals surface area contributed by atoms with Crippen LogP contribution in [0.25, 0.3) is 0 Å². The van der Waals surface area contributed by atoms with Gasteiger partial charge >= 0.3 is 0 Å². The maximum absolute atomic E-state index is 5.54. The van der Waals surface area contributed by atoms with E-state index in [9.17, 15) is 0 Å². The molecule has 0 saturated carbocycles. The molecule has 4 nitrogen and oxygen atoms in total. The summed E-state index contributed by atoms with van der Waals surface area (Å²) in [6.45, 7) is 11.0. The zero-order valence-electron chi connectivity index (χ0n) is 11.6. The van der Waals surface area contributed by atoms with E-state index in [0.29, 0.717) is 0 Å². The molecule has 18 heavy (non-hydrogen) atoms. The molecule has 0 unspecified atom stereocenters. The molecular formula is C14H23N3O. The van der Waals surface area contributed by atoms with E-state index in [2.05, 4.69) is 42.0 Å². The molecule has 1 fully saturated rings. The highest BCUT2D eigenvalue weighted by molar-refractivity contribution is 5.35. The molecular weight excluding hydrogens is 226 g/mol. The van der Waals surface area contributed by atoms with E-state index in [1.54, 1.807) is 0 Å². The first-order valence-corrected chi connectivity index (χ1v) is 6.63. The van der Waals surface area contributed by atoms with Crippen LogP contribution in [0.15, 0.2) is 18.3 Å². The first kappa shape index (κ1) is 13.3. The lowest BCUT2D eigenvalue weighted by atomic mass is 10.0. The van der Waals surface area contributed by atoms with Gasteiger partial charge in [0.2, 0.25) is 0 Å². The minimum Gasteiger partial charge on any atom is -0.378 e. The quantitative estimate of drug-likeness (QED) is 0.887. The van der Waals surface area contributed by atoms with Crippen molar-refractivity contribution in [2.45, 2.75) is 32.9 Å². The molecule has 0 amide bonds. The van der Waals surface area contributed by atoms with Crippen molar-refractivity contribution in [3.8, 4) is 0 Å². The average Bonchev–Trinajstić information content (AvgIpc) is 2.34. The fourth-order valence-electron chi connectivity index (χ4n) is 2.21. The zero-order valence-corrected chi connectivity index (χ0v) is 11.6. The Balaban J connectivity index is 1.99. The van der Waals surface area contributed by atoms with E-state index in [-0.39, 0.29) is 5.54 Å². The largest absolute Gasteiger partial charge is 0.378 e. The van der Waals surface area contributed by atoms with Crippen LogP contribution < -0.4 is 5.32 Å². The molecule has 1 aliphatic rings. The number of nitrogens with one attached hydrogen (secondary N) is 1. The van der Waals surface area contributed by atoms with E-state index in [1.165, 1.54) is 5.56 Å². The molecule has 1 aromatic rings. The Morgan fingerprint density at radius 1 is 1.44 bits per heavy atom. The summed E-state index contributed by atoms with van der Waals surface area (Å²) in [4.78, 5) is 6.87. The fourth-order valence-corrected chi connectivity index (χ4v) is 2.21. The van der Waals surface area contributed by atoms with E-state index in [0.717, 1.165) is 38.7 Å². The maximum atomic E-state index is 5.54. The number of nitrogens with zero attached hydrogens (tertiary/aromatic N) is 2. The van der Waals surface area contributed by atoms with Gasteiger partial charge in [-0.3, -0.25) is 4.90 Å². The summed E-state index contributed by atoms with van der Waals surface area (Å²) in [5.41, 5.74) is 1.37. The van der Waals surface area contributed by atoms with Gasteiger partial charge in [0.05, 0.1) is 13.2 Å². The van der Waals surface area contributed by atoms with Crippen molar-refractivity contribution in [3.05, 3.63) is 23.9 Å². The van der Waals surface area contributed by atoms with Crippen LogP contribution in [0.4, 0.5) is 5.82 Å². The number of morpholine rings is 1. The smallest absolute Gasteiger partial charge is 0.125 e. The van der Waals surface area contributed by atoms with Gasteiger partial charge in [0, 0.05) is 31.4 Å². The number of anilines is 1. The highest BCUT2D eigenvalue weighted by Crippen LogP contribution is 2.21. The van der Waals surface area contributed by atoms with Crippen molar-refractivity contribution >= 4 is 5.82 Å². The number of aromatic nitrogens is 1.